The van der Waals surface area contributed by atoms with Gasteiger partial charge in [0, 0.05) is 25.7 Å². The van der Waals surface area contributed by atoms with E-state index in [4.69, 9.17) is 37.0 Å². The molecule has 0 heterocycles. The molecule has 6 unspecified atom stereocenters. The van der Waals surface area contributed by atoms with Gasteiger partial charge in [-0.2, -0.15) is 0 Å². The molecule has 0 amide bonds. The zero-order chi connectivity index (χ0) is 63.9. The van der Waals surface area contributed by atoms with Crippen LogP contribution in [0.1, 0.15) is 325 Å². The molecule has 0 spiro atoms. The van der Waals surface area contributed by atoms with E-state index in [1.165, 1.54) is 116 Å². The lowest BCUT2D eigenvalue weighted by Crippen LogP contribution is -2.30. The van der Waals surface area contributed by atoms with Gasteiger partial charge in [0.15, 0.2) is 12.2 Å². The molecule has 0 radical (unpaired) electrons. The number of carbonyl (C=O) groups excluding carboxylic acids is 4. The molecule has 0 aromatic heterocycles. The van der Waals surface area contributed by atoms with Gasteiger partial charge in [0.25, 0.3) is 0 Å². The Bertz CT molecular complexity index is 1720. The normalized spacial score (nSPS) is 15.3. The molecule has 0 fully saturated rings. The number of aliphatic hydroxyl groups is 1. The van der Waals surface area contributed by atoms with Crippen LogP contribution < -0.4 is 0 Å². The predicted octanol–water partition coefficient (Wildman–Crippen LogP) is 18.5. The number of ether oxygens (including phenoxy) is 4. The SMILES string of the molecule is CCC(C)CCCCCCCCCCCCC(=O)O[C@H](COC(=O)CCCCCCCCC(C)CC)COP(=O)(O)OCC(O)COP(=O)(O)OC[C@@H](COC(=O)CCCCCCCCCC(C)C)OC(=O)CCCCCCCCCCC(C)CC. The third-order valence-corrected chi connectivity index (χ3v) is 18.3. The van der Waals surface area contributed by atoms with Crippen LogP contribution in [0.3, 0.4) is 0 Å². The van der Waals surface area contributed by atoms with Gasteiger partial charge in [0.05, 0.1) is 26.4 Å². The van der Waals surface area contributed by atoms with E-state index in [2.05, 4.69) is 55.4 Å². The van der Waals surface area contributed by atoms with Crippen molar-refractivity contribution in [2.75, 3.05) is 39.6 Å². The Labute approximate surface area is 524 Å². The molecule has 0 saturated heterocycles. The lowest BCUT2D eigenvalue weighted by molar-refractivity contribution is -0.161. The van der Waals surface area contributed by atoms with E-state index in [-0.39, 0.29) is 25.7 Å². The number of hydrogen-bond donors (Lipinski definition) is 3. The number of hydrogen-bond acceptors (Lipinski definition) is 15. The van der Waals surface area contributed by atoms with Crippen LogP contribution in [-0.2, 0) is 65.4 Å². The second kappa shape index (κ2) is 57.0. The second-order valence-electron chi connectivity index (χ2n) is 25.4. The molecule has 0 aliphatic rings. The molecular weight excluding hydrogens is 1140 g/mol. The van der Waals surface area contributed by atoms with E-state index < -0.39 is 97.5 Å². The van der Waals surface area contributed by atoms with Crippen LogP contribution in [-0.4, -0.2) is 96.7 Å². The van der Waals surface area contributed by atoms with Gasteiger partial charge in [-0.05, 0) is 49.4 Å². The van der Waals surface area contributed by atoms with E-state index in [1.807, 2.05) is 0 Å². The molecule has 0 aliphatic heterocycles. The van der Waals surface area contributed by atoms with Crippen molar-refractivity contribution in [3.05, 3.63) is 0 Å². The molecule has 510 valence electrons. The summed E-state index contributed by atoms with van der Waals surface area (Å²) in [7, 11) is -9.90. The number of unbranched alkanes of at least 4 members (excludes halogenated alkanes) is 27. The average molecular weight is 1270 g/mol. The van der Waals surface area contributed by atoms with Crippen LogP contribution in [0.25, 0.3) is 0 Å². The molecule has 0 saturated carbocycles. The lowest BCUT2D eigenvalue weighted by Gasteiger charge is -2.21. The quantitative estimate of drug-likeness (QED) is 0.0222. The number of phosphoric ester groups is 2. The summed E-state index contributed by atoms with van der Waals surface area (Å²) in [6.45, 7) is 14.0. The molecule has 17 nitrogen and oxygen atoms in total. The Kier molecular flexibility index (Phi) is 55.7. The standard InChI is InChI=1S/C67H130O17P2/c1-9-58(6)44-36-28-20-14-12-13-15-22-33-41-49-66(71)83-63(54-78-65(70)48-40-32-26-25-30-38-46-60(8)11-3)56-82-86(75,76)80-52-61(68)51-79-85(73,74)81-55-62(53-77-64(69)47-39-31-24-18-19-27-35-43-57(4)5)84-67(72)50-42-34-23-17-16-21-29-37-45-59(7)10-2/h57-63,68H,9-56H2,1-8H3,(H,73,74)(H,75,76)/t58?,59?,60?,61?,62-,63-/m1/s1. The van der Waals surface area contributed by atoms with E-state index in [1.54, 1.807) is 0 Å². The highest BCUT2D eigenvalue weighted by molar-refractivity contribution is 7.47. The maximum absolute atomic E-state index is 13.0. The van der Waals surface area contributed by atoms with E-state index in [0.29, 0.717) is 31.6 Å². The highest BCUT2D eigenvalue weighted by atomic mass is 31.2. The first-order chi connectivity index (χ1) is 41.2. The summed E-state index contributed by atoms with van der Waals surface area (Å²) in [5, 5.41) is 10.6. The van der Waals surface area contributed by atoms with Crippen LogP contribution in [0.15, 0.2) is 0 Å². The molecule has 0 aromatic rings. The first-order valence-corrected chi connectivity index (χ1v) is 37.8. The molecular formula is C67H130O17P2. The van der Waals surface area contributed by atoms with E-state index in [9.17, 15) is 43.2 Å². The third-order valence-electron chi connectivity index (χ3n) is 16.4. The van der Waals surface area contributed by atoms with Gasteiger partial charge in [0.2, 0.25) is 0 Å². The maximum atomic E-state index is 13.0. The van der Waals surface area contributed by atoms with Crippen molar-refractivity contribution in [2.45, 2.75) is 343 Å². The van der Waals surface area contributed by atoms with Gasteiger partial charge < -0.3 is 33.8 Å². The molecule has 19 heteroatoms. The van der Waals surface area contributed by atoms with Crippen LogP contribution in [0.4, 0.5) is 0 Å². The summed E-state index contributed by atoms with van der Waals surface area (Å²) in [6.07, 6.45) is 37.5. The van der Waals surface area contributed by atoms with Crippen molar-refractivity contribution in [1.82, 2.24) is 0 Å². The van der Waals surface area contributed by atoms with Crippen LogP contribution >= 0.6 is 15.6 Å². The monoisotopic (exact) mass is 1270 g/mol. The Hall–Kier alpha value is -1.94. The molecule has 0 bridgehead atoms. The van der Waals surface area contributed by atoms with E-state index >= 15 is 0 Å². The summed E-state index contributed by atoms with van der Waals surface area (Å²) in [6, 6.07) is 0. The average Bonchev–Trinajstić information content (AvgIpc) is 3.66. The van der Waals surface area contributed by atoms with Crippen LogP contribution in [0.5, 0.6) is 0 Å². The molecule has 0 rings (SSSR count). The van der Waals surface area contributed by atoms with Gasteiger partial charge in [0.1, 0.15) is 19.3 Å². The number of phosphoric acid groups is 2. The Balaban J connectivity index is 5.27. The van der Waals surface area contributed by atoms with E-state index in [0.717, 1.165) is 120 Å². The fourth-order valence-corrected chi connectivity index (χ4v) is 11.4. The fourth-order valence-electron chi connectivity index (χ4n) is 9.86. The Morgan fingerprint density at radius 1 is 0.326 bits per heavy atom. The molecule has 0 aromatic carbocycles. The van der Waals surface area contributed by atoms with Gasteiger partial charge in [-0.3, -0.25) is 37.3 Å². The van der Waals surface area contributed by atoms with Crippen molar-refractivity contribution in [3.63, 3.8) is 0 Å². The lowest BCUT2D eigenvalue weighted by atomic mass is 9.99. The summed E-state index contributed by atoms with van der Waals surface area (Å²) >= 11 is 0. The van der Waals surface area contributed by atoms with Crippen molar-refractivity contribution >= 4 is 39.5 Å². The van der Waals surface area contributed by atoms with Crippen molar-refractivity contribution in [3.8, 4) is 0 Å². The van der Waals surface area contributed by atoms with Gasteiger partial charge >= 0.3 is 39.5 Å². The Morgan fingerprint density at radius 3 is 0.826 bits per heavy atom. The van der Waals surface area contributed by atoms with Crippen molar-refractivity contribution in [2.24, 2.45) is 23.7 Å². The minimum absolute atomic E-state index is 0.103. The minimum atomic E-state index is -4.95. The number of carbonyl (C=O) groups is 4. The highest BCUT2D eigenvalue weighted by Gasteiger charge is 2.30. The summed E-state index contributed by atoms with van der Waals surface area (Å²) in [5.41, 5.74) is 0. The fraction of sp³-hybridized carbons (Fsp3) is 0.940. The molecule has 86 heavy (non-hydrogen) atoms. The Morgan fingerprint density at radius 2 is 0.558 bits per heavy atom. The molecule has 0 aliphatic carbocycles. The third kappa shape index (κ3) is 57.2. The second-order valence-corrected chi connectivity index (χ2v) is 28.3. The summed E-state index contributed by atoms with van der Waals surface area (Å²) in [4.78, 5) is 72.4. The van der Waals surface area contributed by atoms with Crippen molar-refractivity contribution in [1.29, 1.82) is 0 Å². The number of aliphatic hydroxyl groups excluding tert-OH is 1. The zero-order valence-electron chi connectivity index (χ0n) is 55.9. The zero-order valence-corrected chi connectivity index (χ0v) is 57.7. The maximum Gasteiger partial charge on any atom is 0.472 e. The van der Waals surface area contributed by atoms with Crippen LogP contribution in [0.2, 0.25) is 0 Å². The molecule has 8 atom stereocenters. The van der Waals surface area contributed by atoms with Gasteiger partial charge in [-0.25, -0.2) is 9.13 Å². The van der Waals surface area contributed by atoms with Crippen LogP contribution in [0, 0.1) is 23.7 Å². The smallest absolute Gasteiger partial charge is 0.462 e. The largest absolute Gasteiger partial charge is 0.472 e. The summed E-state index contributed by atoms with van der Waals surface area (Å²) in [5.74, 6) is 0.872. The van der Waals surface area contributed by atoms with Gasteiger partial charge in [-0.1, -0.05) is 274 Å². The highest BCUT2D eigenvalue weighted by Crippen LogP contribution is 2.45. The number of rotatable bonds is 64. The van der Waals surface area contributed by atoms with Gasteiger partial charge in [-0.15, -0.1) is 0 Å². The topological polar surface area (TPSA) is 237 Å². The number of esters is 4. The molecule has 3 N–H and O–H groups in total. The van der Waals surface area contributed by atoms with Crippen molar-refractivity contribution < 1.29 is 80.2 Å². The first-order valence-electron chi connectivity index (χ1n) is 34.8. The summed E-state index contributed by atoms with van der Waals surface area (Å²) < 4.78 is 68.1. The first kappa shape index (κ1) is 84.1. The minimum Gasteiger partial charge on any atom is -0.462 e. The predicted molar refractivity (Wildman–Crippen MR) is 344 cm³/mol.